The number of halogens is 4. The van der Waals surface area contributed by atoms with Gasteiger partial charge in [0.05, 0.1) is 21.4 Å². The highest BCUT2D eigenvalue weighted by Gasteiger charge is 2.35. The van der Waals surface area contributed by atoms with E-state index in [0.29, 0.717) is 25.9 Å². The van der Waals surface area contributed by atoms with Crippen LogP contribution in [0.4, 0.5) is 18.3 Å². The van der Waals surface area contributed by atoms with Gasteiger partial charge in [-0.25, -0.2) is 13.4 Å². The Morgan fingerprint density at radius 3 is 2.45 bits per heavy atom. The second-order valence-electron chi connectivity index (χ2n) is 7.28. The molecular formula is C21H18BrF3N2O2S2. The number of piperidine rings is 1. The van der Waals surface area contributed by atoms with Gasteiger partial charge in [0.25, 0.3) is 0 Å². The molecule has 10 heteroatoms. The van der Waals surface area contributed by atoms with E-state index in [1.165, 1.54) is 17.4 Å². The van der Waals surface area contributed by atoms with Crippen LogP contribution in [0, 0.1) is 0 Å². The fourth-order valence-corrected chi connectivity index (χ4v) is 6.65. The molecule has 3 aromatic rings. The van der Waals surface area contributed by atoms with Gasteiger partial charge in [0.1, 0.15) is 0 Å². The van der Waals surface area contributed by atoms with Crippen molar-refractivity contribution in [2.45, 2.75) is 29.2 Å². The van der Waals surface area contributed by atoms with Crippen LogP contribution in [0.2, 0.25) is 0 Å². The number of sulfone groups is 1. The molecule has 0 N–H and O–H groups in total. The van der Waals surface area contributed by atoms with Crippen molar-refractivity contribution in [1.82, 2.24) is 4.98 Å². The Balaban J connectivity index is 1.46. The maximum atomic E-state index is 13.0. The second kappa shape index (κ2) is 8.55. The van der Waals surface area contributed by atoms with Gasteiger partial charge in [0.15, 0.2) is 15.0 Å². The van der Waals surface area contributed by atoms with E-state index in [-0.39, 0.29) is 4.90 Å². The van der Waals surface area contributed by atoms with E-state index in [1.807, 2.05) is 34.5 Å². The molecule has 2 aromatic carbocycles. The molecule has 0 amide bonds. The van der Waals surface area contributed by atoms with Crippen molar-refractivity contribution in [1.29, 1.82) is 0 Å². The summed E-state index contributed by atoms with van der Waals surface area (Å²) in [5.74, 6) is 0. The van der Waals surface area contributed by atoms with Crippen LogP contribution < -0.4 is 4.90 Å². The second-order valence-corrected chi connectivity index (χ2v) is 11.3. The molecule has 4 rings (SSSR count). The summed E-state index contributed by atoms with van der Waals surface area (Å²) in [5.41, 5.74) is 0.882. The zero-order valence-electron chi connectivity index (χ0n) is 16.1. The average Bonchev–Trinajstić information content (AvgIpc) is 3.24. The number of hydrogen-bond donors (Lipinski definition) is 0. The number of alkyl halides is 3. The molecule has 0 aliphatic carbocycles. The van der Waals surface area contributed by atoms with Gasteiger partial charge in [0.2, 0.25) is 0 Å². The first-order valence-corrected chi connectivity index (χ1v) is 12.7. The maximum absolute atomic E-state index is 13.0. The Hall–Kier alpha value is -1.91. The van der Waals surface area contributed by atoms with Crippen LogP contribution in [0.1, 0.15) is 18.4 Å². The molecule has 1 aromatic heterocycles. The monoisotopic (exact) mass is 530 g/mol. The third-order valence-corrected chi connectivity index (χ3v) is 8.91. The summed E-state index contributed by atoms with van der Waals surface area (Å²) in [6.07, 6.45) is -3.90. The molecule has 1 saturated heterocycles. The van der Waals surface area contributed by atoms with Crippen LogP contribution in [-0.4, -0.2) is 31.7 Å². The molecule has 4 nitrogen and oxygen atoms in total. The molecule has 31 heavy (non-hydrogen) atoms. The van der Waals surface area contributed by atoms with Crippen LogP contribution >= 0.6 is 27.3 Å². The number of aromatic nitrogens is 1. The molecule has 1 aliphatic rings. The van der Waals surface area contributed by atoms with Crippen molar-refractivity contribution in [3.05, 3.63) is 63.9 Å². The van der Waals surface area contributed by atoms with Gasteiger partial charge >= 0.3 is 6.18 Å². The number of benzene rings is 2. The van der Waals surface area contributed by atoms with E-state index in [0.717, 1.165) is 39.1 Å². The van der Waals surface area contributed by atoms with Gasteiger partial charge in [-0.3, -0.25) is 0 Å². The SMILES string of the molecule is O=S(=O)(c1cccc(C(F)(F)F)c1)C1CCN(c2nc(-c3cccc(Br)c3)cs2)CC1. The number of thiazole rings is 1. The fraction of sp³-hybridized carbons (Fsp3) is 0.286. The first-order chi connectivity index (χ1) is 14.6. The van der Waals surface area contributed by atoms with Gasteiger partial charge in [0, 0.05) is 28.5 Å². The quantitative estimate of drug-likeness (QED) is 0.413. The number of rotatable bonds is 4. The van der Waals surface area contributed by atoms with Crippen molar-refractivity contribution in [2.24, 2.45) is 0 Å². The molecule has 164 valence electrons. The predicted molar refractivity (Wildman–Crippen MR) is 119 cm³/mol. The molecule has 0 spiro atoms. The number of anilines is 1. The summed E-state index contributed by atoms with van der Waals surface area (Å²) in [4.78, 5) is 6.44. The van der Waals surface area contributed by atoms with Gasteiger partial charge in [-0.1, -0.05) is 34.1 Å². The van der Waals surface area contributed by atoms with E-state index in [4.69, 9.17) is 0 Å². The molecule has 2 heterocycles. The minimum atomic E-state index is -4.58. The molecular weight excluding hydrogens is 513 g/mol. The summed E-state index contributed by atoms with van der Waals surface area (Å²) in [6.45, 7) is 0.961. The Bertz CT molecular complexity index is 1190. The van der Waals surface area contributed by atoms with Gasteiger partial charge in [-0.2, -0.15) is 13.2 Å². The van der Waals surface area contributed by atoms with Crippen molar-refractivity contribution in [2.75, 3.05) is 18.0 Å². The van der Waals surface area contributed by atoms with Crippen LogP contribution in [0.15, 0.2) is 63.3 Å². The Labute approximate surface area is 190 Å². The van der Waals surface area contributed by atoms with E-state index < -0.39 is 26.8 Å². The Morgan fingerprint density at radius 1 is 1.06 bits per heavy atom. The first-order valence-electron chi connectivity index (χ1n) is 9.52. The molecule has 0 unspecified atom stereocenters. The standard InChI is InChI=1S/C21H18BrF3N2O2S2/c22-16-5-1-3-14(11-16)19-13-30-20(26-19)27-9-7-17(8-10-27)31(28,29)18-6-2-4-15(12-18)21(23,24)25/h1-6,11-13,17H,7-10H2. The lowest BCUT2D eigenvalue weighted by molar-refractivity contribution is -0.137. The third-order valence-electron chi connectivity index (χ3n) is 5.25. The zero-order chi connectivity index (χ0) is 22.2. The molecule has 0 saturated carbocycles. The fourth-order valence-electron chi connectivity index (χ4n) is 3.59. The highest BCUT2D eigenvalue weighted by Crippen LogP contribution is 2.34. The summed E-state index contributed by atoms with van der Waals surface area (Å²) in [6, 6.07) is 11.8. The molecule has 1 fully saturated rings. The largest absolute Gasteiger partial charge is 0.416 e. The van der Waals surface area contributed by atoms with Crippen molar-refractivity contribution >= 4 is 42.2 Å². The maximum Gasteiger partial charge on any atom is 0.416 e. The lowest BCUT2D eigenvalue weighted by Gasteiger charge is -2.31. The summed E-state index contributed by atoms with van der Waals surface area (Å²) in [7, 11) is -3.84. The highest BCUT2D eigenvalue weighted by molar-refractivity contribution is 9.10. The van der Waals surface area contributed by atoms with Gasteiger partial charge < -0.3 is 4.90 Å². The first kappa shape index (κ1) is 22.3. The minimum Gasteiger partial charge on any atom is -0.348 e. The Kier molecular flexibility index (Phi) is 6.15. The van der Waals surface area contributed by atoms with E-state index >= 15 is 0 Å². The van der Waals surface area contributed by atoms with Crippen molar-refractivity contribution in [3.63, 3.8) is 0 Å². The minimum absolute atomic E-state index is 0.271. The summed E-state index contributed by atoms with van der Waals surface area (Å²) >= 11 is 4.94. The zero-order valence-corrected chi connectivity index (χ0v) is 19.4. The van der Waals surface area contributed by atoms with Crippen LogP contribution in [0.5, 0.6) is 0 Å². The summed E-state index contributed by atoms with van der Waals surface area (Å²) < 4.78 is 65.7. The van der Waals surface area contributed by atoms with Gasteiger partial charge in [-0.15, -0.1) is 11.3 Å². The molecule has 0 bridgehead atoms. The van der Waals surface area contributed by atoms with E-state index in [1.54, 1.807) is 0 Å². The molecule has 0 radical (unpaired) electrons. The molecule has 1 aliphatic heterocycles. The van der Waals surface area contributed by atoms with Crippen LogP contribution in [-0.2, 0) is 16.0 Å². The topological polar surface area (TPSA) is 50.3 Å². The van der Waals surface area contributed by atoms with Crippen LogP contribution in [0.3, 0.4) is 0 Å². The van der Waals surface area contributed by atoms with Crippen molar-refractivity contribution in [3.8, 4) is 11.3 Å². The lowest BCUT2D eigenvalue weighted by atomic mass is 10.1. The van der Waals surface area contributed by atoms with E-state index in [9.17, 15) is 21.6 Å². The summed E-state index contributed by atoms with van der Waals surface area (Å²) in [5, 5.41) is 2.06. The lowest BCUT2D eigenvalue weighted by Crippen LogP contribution is -2.39. The predicted octanol–water partition coefficient (Wildman–Crippen LogP) is 6.03. The smallest absolute Gasteiger partial charge is 0.348 e. The third kappa shape index (κ3) is 4.80. The van der Waals surface area contributed by atoms with Crippen molar-refractivity contribution < 1.29 is 21.6 Å². The van der Waals surface area contributed by atoms with Crippen LogP contribution in [0.25, 0.3) is 11.3 Å². The number of hydrogen-bond acceptors (Lipinski definition) is 5. The highest BCUT2D eigenvalue weighted by atomic mass is 79.9. The van der Waals surface area contributed by atoms with Gasteiger partial charge in [-0.05, 0) is 43.2 Å². The normalized spacial score (nSPS) is 15.9. The van der Waals surface area contributed by atoms with E-state index in [2.05, 4.69) is 20.9 Å². The average molecular weight is 531 g/mol. The Morgan fingerprint density at radius 2 is 1.77 bits per heavy atom. The molecule has 0 atom stereocenters. The number of nitrogens with zero attached hydrogens (tertiary/aromatic N) is 2.